The molecule has 0 bridgehead atoms. The second kappa shape index (κ2) is 5.35. The number of halogens is 5. The first kappa shape index (κ1) is 13.8. The molecule has 0 fully saturated rings. The summed E-state index contributed by atoms with van der Waals surface area (Å²) in [5.41, 5.74) is -0.465. The Morgan fingerprint density at radius 2 is 2.00 bits per heavy atom. The van der Waals surface area contributed by atoms with Crippen LogP contribution in [0.4, 0.5) is 17.6 Å². The molecule has 1 aromatic carbocycles. The number of alkyl halides is 4. The first-order valence-electron chi connectivity index (χ1n) is 4.48. The molecule has 0 N–H and O–H groups in total. The number of hydrogen-bond acceptors (Lipinski definition) is 2. The minimum atomic E-state index is -5.00. The molecule has 0 aromatic heterocycles. The van der Waals surface area contributed by atoms with Crippen LogP contribution in [0.15, 0.2) is 18.2 Å². The monoisotopic (exact) mass is 270 g/mol. The summed E-state index contributed by atoms with van der Waals surface area (Å²) in [7, 11) is 0. The van der Waals surface area contributed by atoms with E-state index < -0.39 is 29.3 Å². The van der Waals surface area contributed by atoms with Crippen molar-refractivity contribution in [2.75, 3.05) is 5.88 Å². The summed E-state index contributed by atoms with van der Waals surface area (Å²) >= 11 is 5.29. The van der Waals surface area contributed by atoms with Crippen molar-refractivity contribution >= 4 is 17.4 Å². The van der Waals surface area contributed by atoms with E-state index in [0.29, 0.717) is 0 Å². The molecule has 94 valence electrons. The van der Waals surface area contributed by atoms with E-state index in [9.17, 15) is 22.4 Å². The minimum Gasteiger partial charge on any atom is -0.403 e. The average molecular weight is 271 g/mol. The van der Waals surface area contributed by atoms with Crippen molar-refractivity contribution < 1.29 is 27.1 Å². The lowest BCUT2D eigenvalue weighted by atomic mass is 10.1. The highest BCUT2D eigenvalue weighted by atomic mass is 35.5. The van der Waals surface area contributed by atoms with Crippen molar-refractivity contribution in [2.24, 2.45) is 0 Å². The van der Waals surface area contributed by atoms with E-state index in [1.54, 1.807) is 0 Å². The van der Waals surface area contributed by atoms with Gasteiger partial charge >= 0.3 is 6.36 Å². The van der Waals surface area contributed by atoms with Crippen LogP contribution in [0.3, 0.4) is 0 Å². The fourth-order valence-corrected chi connectivity index (χ4v) is 1.32. The number of Topliss-reactive ketones (excluding diaryl/α,β-unsaturated/α-hetero) is 1. The quantitative estimate of drug-likeness (QED) is 0.475. The first-order valence-corrected chi connectivity index (χ1v) is 5.02. The Morgan fingerprint density at radius 3 is 2.53 bits per heavy atom. The number of rotatable bonds is 4. The van der Waals surface area contributed by atoms with E-state index >= 15 is 0 Å². The van der Waals surface area contributed by atoms with Gasteiger partial charge in [-0.1, -0.05) is 6.07 Å². The Hall–Kier alpha value is -1.30. The Balaban J connectivity index is 3.03. The van der Waals surface area contributed by atoms with E-state index in [-0.39, 0.29) is 12.3 Å². The van der Waals surface area contributed by atoms with Crippen LogP contribution in [0.2, 0.25) is 0 Å². The molecule has 0 amide bonds. The van der Waals surface area contributed by atoms with Crippen molar-refractivity contribution in [1.29, 1.82) is 0 Å². The van der Waals surface area contributed by atoms with E-state index in [1.165, 1.54) is 0 Å². The summed E-state index contributed by atoms with van der Waals surface area (Å²) in [4.78, 5) is 11.3. The van der Waals surface area contributed by atoms with Gasteiger partial charge in [-0.15, -0.1) is 24.8 Å². The van der Waals surface area contributed by atoms with Crippen molar-refractivity contribution in [3.8, 4) is 5.75 Å². The van der Waals surface area contributed by atoms with Gasteiger partial charge in [-0.25, -0.2) is 4.39 Å². The van der Waals surface area contributed by atoms with Crippen LogP contribution >= 0.6 is 11.6 Å². The molecule has 0 aliphatic rings. The molecule has 0 atom stereocenters. The predicted octanol–water partition coefficient (Wildman–Crippen LogP) is 3.54. The summed E-state index contributed by atoms with van der Waals surface area (Å²) in [6.45, 7) is 0. The summed E-state index contributed by atoms with van der Waals surface area (Å²) < 4.78 is 52.7. The van der Waals surface area contributed by atoms with Gasteiger partial charge in [0.1, 0.15) is 0 Å². The molecule has 0 heterocycles. The fraction of sp³-hybridized carbons (Fsp3) is 0.300. The summed E-state index contributed by atoms with van der Waals surface area (Å²) in [5, 5.41) is 0. The van der Waals surface area contributed by atoms with E-state index in [0.717, 1.165) is 18.2 Å². The highest BCUT2D eigenvalue weighted by molar-refractivity contribution is 6.19. The van der Waals surface area contributed by atoms with Crippen LogP contribution < -0.4 is 4.74 Å². The molecule has 17 heavy (non-hydrogen) atoms. The van der Waals surface area contributed by atoms with E-state index in [2.05, 4.69) is 4.74 Å². The van der Waals surface area contributed by atoms with Gasteiger partial charge in [0.15, 0.2) is 17.3 Å². The van der Waals surface area contributed by atoms with Gasteiger partial charge in [-0.2, -0.15) is 0 Å². The lowest BCUT2D eigenvalue weighted by Crippen LogP contribution is -2.18. The Bertz CT molecular complexity index is 417. The number of hydrogen-bond donors (Lipinski definition) is 0. The van der Waals surface area contributed by atoms with Crippen LogP contribution in [0.5, 0.6) is 5.75 Å². The van der Waals surface area contributed by atoms with Gasteiger partial charge in [0.2, 0.25) is 0 Å². The van der Waals surface area contributed by atoms with Crippen LogP contribution in [0, 0.1) is 5.82 Å². The molecule has 0 spiro atoms. The molecular weight excluding hydrogens is 264 g/mol. The maximum atomic E-state index is 13.5. The molecule has 0 unspecified atom stereocenters. The Labute approximate surface area is 99.1 Å². The lowest BCUT2D eigenvalue weighted by molar-refractivity contribution is -0.275. The molecule has 1 rings (SSSR count). The number of carbonyl (C=O) groups is 1. The van der Waals surface area contributed by atoms with Gasteiger partial charge in [0, 0.05) is 12.3 Å². The summed E-state index contributed by atoms with van der Waals surface area (Å²) in [5.74, 6) is -3.08. The third-order valence-corrected chi connectivity index (χ3v) is 2.00. The number of benzene rings is 1. The van der Waals surface area contributed by atoms with Crippen molar-refractivity contribution in [3.05, 3.63) is 29.6 Å². The molecule has 0 saturated carbocycles. The third kappa shape index (κ3) is 3.89. The second-order valence-corrected chi connectivity index (χ2v) is 3.41. The Kier molecular flexibility index (Phi) is 4.34. The summed E-state index contributed by atoms with van der Waals surface area (Å²) in [6.07, 6.45) is -5.16. The largest absolute Gasteiger partial charge is 0.573 e. The molecule has 0 radical (unpaired) electrons. The first-order chi connectivity index (χ1) is 7.85. The van der Waals surface area contributed by atoms with Gasteiger partial charge in [0.05, 0.1) is 5.56 Å². The van der Waals surface area contributed by atoms with Gasteiger partial charge in [-0.05, 0) is 12.1 Å². The van der Waals surface area contributed by atoms with Crippen LogP contribution in [0.25, 0.3) is 0 Å². The molecule has 0 aliphatic carbocycles. The predicted molar refractivity (Wildman–Crippen MR) is 52.8 cm³/mol. The highest BCUT2D eigenvalue weighted by Gasteiger charge is 2.33. The molecule has 7 heteroatoms. The topological polar surface area (TPSA) is 26.3 Å². The number of ketones is 1. The van der Waals surface area contributed by atoms with Crippen molar-refractivity contribution in [1.82, 2.24) is 0 Å². The third-order valence-electron chi connectivity index (χ3n) is 1.81. The highest BCUT2D eigenvalue weighted by Crippen LogP contribution is 2.27. The smallest absolute Gasteiger partial charge is 0.403 e. The molecular formula is C10H7ClF4O2. The number of carbonyl (C=O) groups excluding carboxylic acids is 1. The van der Waals surface area contributed by atoms with Crippen molar-refractivity contribution in [2.45, 2.75) is 12.8 Å². The minimum absolute atomic E-state index is 0.0391. The number of ether oxygens (including phenoxy) is 1. The zero-order valence-electron chi connectivity index (χ0n) is 8.35. The normalized spacial score (nSPS) is 11.4. The fourth-order valence-electron chi connectivity index (χ4n) is 1.15. The van der Waals surface area contributed by atoms with Crippen LogP contribution in [-0.2, 0) is 0 Å². The lowest BCUT2D eigenvalue weighted by Gasteiger charge is -2.11. The maximum absolute atomic E-state index is 13.5. The van der Waals surface area contributed by atoms with Gasteiger partial charge in [0.25, 0.3) is 0 Å². The van der Waals surface area contributed by atoms with Gasteiger partial charge < -0.3 is 4.74 Å². The standard InChI is InChI=1S/C10H7ClF4O2/c11-5-4-7(16)6-2-1-3-8(9(6)12)17-10(13,14)15/h1-3H,4-5H2. The molecule has 0 saturated heterocycles. The van der Waals surface area contributed by atoms with Crippen LogP contribution in [-0.4, -0.2) is 18.0 Å². The molecule has 1 aromatic rings. The average Bonchev–Trinajstić information content (AvgIpc) is 2.19. The second-order valence-electron chi connectivity index (χ2n) is 3.03. The summed E-state index contributed by atoms with van der Waals surface area (Å²) in [6, 6.07) is 2.97. The SMILES string of the molecule is O=C(CCCl)c1cccc(OC(F)(F)F)c1F. The zero-order chi connectivity index (χ0) is 13.1. The molecule has 2 nitrogen and oxygen atoms in total. The maximum Gasteiger partial charge on any atom is 0.573 e. The van der Waals surface area contributed by atoms with E-state index in [4.69, 9.17) is 11.6 Å². The van der Waals surface area contributed by atoms with Gasteiger partial charge in [-0.3, -0.25) is 4.79 Å². The van der Waals surface area contributed by atoms with E-state index in [1.807, 2.05) is 0 Å². The molecule has 0 aliphatic heterocycles. The van der Waals surface area contributed by atoms with Crippen molar-refractivity contribution in [3.63, 3.8) is 0 Å². The zero-order valence-corrected chi connectivity index (χ0v) is 9.11. The Morgan fingerprint density at radius 1 is 1.35 bits per heavy atom. The van der Waals surface area contributed by atoms with Crippen LogP contribution in [0.1, 0.15) is 16.8 Å².